The van der Waals surface area contributed by atoms with E-state index in [0.29, 0.717) is 29.5 Å². The van der Waals surface area contributed by atoms with E-state index in [9.17, 15) is 12.8 Å². The lowest BCUT2D eigenvalue weighted by atomic mass is 9.89. The van der Waals surface area contributed by atoms with Gasteiger partial charge >= 0.3 is 0 Å². The van der Waals surface area contributed by atoms with Gasteiger partial charge in [-0.15, -0.1) is 0 Å². The second kappa shape index (κ2) is 10.3. The van der Waals surface area contributed by atoms with Crippen molar-refractivity contribution in [3.05, 3.63) is 65.2 Å². The number of benzene rings is 1. The summed E-state index contributed by atoms with van der Waals surface area (Å²) in [5.41, 5.74) is 2.31. The largest absolute Gasteiger partial charge is 0.356 e. The highest BCUT2D eigenvalue weighted by Crippen LogP contribution is 2.22. The first-order valence-electron chi connectivity index (χ1n) is 9.49. The lowest BCUT2D eigenvalue weighted by Crippen LogP contribution is -2.40. The number of aliphatic imine (C=N–C) groups is 1. The van der Waals surface area contributed by atoms with Gasteiger partial charge in [-0.2, -0.15) is 0 Å². The summed E-state index contributed by atoms with van der Waals surface area (Å²) in [5, 5.41) is 6.45. The number of guanidine groups is 1. The van der Waals surface area contributed by atoms with Gasteiger partial charge in [0.15, 0.2) is 15.8 Å². The van der Waals surface area contributed by atoms with Crippen molar-refractivity contribution in [3.63, 3.8) is 0 Å². The van der Waals surface area contributed by atoms with Gasteiger partial charge in [0.1, 0.15) is 5.82 Å². The minimum Gasteiger partial charge on any atom is -0.356 e. The lowest BCUT2D eigenvalue weighted by molar-refractivity contribution is 0.487. The number of nitrogens with one attached hydrogen (secondary N) is 2. The Morgan fingerprint density at radius 2 is 1.97 bits per heavy atom. The zero-order chi connectivity index (χ0) is 21.4. The zero-order valence-electron chi connectivity index (χ0n) is 17.3. The van der Waals surface area contributed by atoms with Crippen molar-refractivity contribution in [2.45, 2.75) is 32.1 Å². The fourth-order valence-electron chi connectivity index (χ4n) is 3.12. The van der Waals surface area contributed by atoms with Crippen LogP contribution in [0.4, 0.5) is 4.39 Å². The molecule has 0 aliphatic heterocycles. The molecule has 0 amide bonds. The maximum absolute atomic E-state index is 13.7. The van der Waals surface area contributed by atoms with E-state index in [0.717, 1.165) is 5.56 Å². The second-order valence-corrected chi connectivity index (χ2v) is 9.57. The summed E-state index contributed by atoms with van der Waals surface area (Å²) in [6.45, 7) is 5.23. The van der Waals surface area contributed by atoms with E-state index in [1.54, 1.807) is 13.2 Å². The van der Waals surface area contributed by atoms with Crippen LogP contribution in [-0.2, 0) is 22.1 Å². The van der Waals surface area contributed by atoms with Gasteiger partial charge in [0.05, 0.1) is 5.75 Å². The Labute approximate surface area is 172 Å². The molecule has 2 aromatic rings. The molecular formula is C21H29FN4O2S. The van der Waals surface area contributed by atoms with Crippen LogP contribution in [0.5, 0.6) is 0 Å². The number of rotatable bonds is 8. The first-order chi connectivity index (χ1) is 13.7. The summed E-state index contributed by atoms with van der Waals surface area (Å²) < 4.78 is 37.0. The average Bonchev–Trinajstić information content (AvgIpc) is 2.66. The van der Waals surface area contributed by atoms with Gasteiger partial charge in [0, 0.05) is 44.7 Å². The smallest absolute Gasteiger partial charge is 0.191 e. The topological polar surface area (TPSA) is 83.5 Å². The number of aromatic nitrogens is 1. The van der Waals surface area contributed by atoms with Gasteiger partial charge < -0.3 is 10.6 Å². The third-order valence-corrected chi connectivity index (χ3v) is 5.50. The van der Waals surface area contributed by atoms with Crippen LogP contribution in [0.3, 0.4) is 0 Å². The van der Waals surface area contributed by atoms with Gasteiger partial charge in [-0.1, -0.05) is 26.0 Å². The van der Waals surface area contributed by atoms with Crippen molar-refractivity contribution in [1.82, 2.24) is 15.6 Å². The summed E-state index contributed by atoms with van der Waals surface area (Å²) in [5.74, 6) is 0.673. The van der Waals surface area contributed by atoms with Gasteiger partial charge in [-0.25, -0.2) is 12.8 Å². The minimum absolute atomic E-state index is 0.132. The Morgan fingerprint density at radius 3 is 2.55 bits per heavy atom. The fraction of sp³-hybridized carbons (Fsp3) is 0.429. The Balaban J connectivity index is 2.05. The molecule has 0 spiro atoms. The number of nitrogens with zero attached hydrogens (tertiary/aromatic N) is 2. The summed E-state index contributed by atoms with van der Waals surface area (Å²) in [6.07, 6.45) is 4.78. The molecule has 158 valence electrons. The number of hydrogen-bond acceptors (Lipinski definition) is 4. The Kier molecular flexibility index (Phi) is 8.13. The molecule has 8 heteroatoms. The van der Waals surface area contributed by atoms with E-state index in [-0.39, 0.29) is 18.2 Å². The van der Waals surface area contributed by atoms with Crippen LogP contribution < -0.4 is 10.6 Å². The van der Waals surface area contributed by atoms with Crippen molar-refractivity contribution < 1.29 is 12.8 Å². The van der Waals surface area contributed by atoms with Crippen molar-refractivity contribution in [1.29, 1.82) is 0 Å². The molecule has 2 rings (SSSR count). The van der Waals surface area contributed by atoms with E-state index in [1.165, 1.54) is 24.5 Å². The predicted molar refractivity (Wildman–Crippen MR) is 115 cm³/mol. The van der Waals surface area contributed by atoms with Gasteiger partial charge in [-0.05, 0) is 40.8 Å². The van der Waals surface area contributed by atoms with Crippen molar-refractivity contribution >= 4 is 15.8 Å². The molecule has 0 saturated heterocycles. The first-order valence-corrected chi connectivity index (χ1v) is 11.5. The normalized spacial score (nSPS) is 13.4. The van der Waals surface area contributed by atoms with Crippen LogP contribution in [-0.4, -0.2) is 39.2 Å². The number of halogens is 1. The van der Waals surface area contributed by atoms with Crippen molar-refractivity contribution in [2.75, 3.05) is 19.8 Å². The van der Waals surface area contributed by atoms with E-state index < -0.39 is 15.7 Å². The molecule has 0 saturated carbocycles. The average molecular weight is 421 g/mol. The highest BCUT2D eigenvalue weighted by Gasteiger charge is 2.17. The molecule has 1 unspecified atom stereocenters. The summed E-state index contributed by atoms with van der Waals surface area (Å²) in [6, 6.07) is 8.12. The molecule has 1 aromatic heterocycles. The molecule has 1 aromatic carbocycles. The van der Waals surface area contributed by atoms with Crippen molar-refractivity contribution in [2.24, 2.45) is 10.9 Å². The molecule has 0 aliphatic rings. The van der Waals surface area contributed by atoms with E-state index in [4.69, 9.17) is 0 Å². The van der Waals surface area contributed by atoms with E-state index >= 15 is 0 Å². The first kappa shape index (κ1) is 22.8. The van der Waals surface area contributed by atoms with Crippen LogP contribution in [0.25, 0.3) is 0 Å². The third kappa shape index (κ3) is 7.45. The van der Waals surface area contributed by atoms with E-state index in [2.05, 4.69) is 40.5 Å². The Morgan fingerprint density at radius 1 is 1.21 bits per heavy atom. The summed E-state index contributed by atoms with van der Waals surface area (Å²) in [4.78, 5) is 8.42. The van der Waals surface area contributed by atoms with Crippen LogP contribution in [0, 0.1) is 11.7 Å². The van der Waals surface area contributed by atoms with Gasteiger partial charge in [0.2, 0.25) is 0 Å². The molecule has 0 fully saturated rings. The Hall–Kier alpha value is -2.48. The molecule has 0 aliphatic carbocycles. The summed E-state index contributed by atoms with van der Waals surface area (Å²) >= 11 is 0. The monoisotopic (exact) mass is 420 g/mol. The van der Waals surface area contributed by atoms with Crippen LogP contribution >= 0.6 is 0 Å². The predicted octanol–water partition coefficient (Wildman–Crippen LogP) is 2.87. The SMILES string of the molecule is CN=C(NCc1cc(F)ccc1CS(C)(=O)=O)NCC(c1cccnc1)C(C)C. The molecule has 29 heavy (non-hydrogen) atoms. The van der Waals surface area contributed by atoms with Gasteiger partial charge in [-0.3, -0.25) is 9.98 Å². The van der Waals surface area contributed by atoms with Crippen LogP contribution in [0.1, 0.15) is 36.5 Å². The molecule has 0 bridgehead atoms. The summed E-state index contributed by atoms with van der Waals surface area (Å²) in [7, 11) is -1.56. The Bertz CT molecular complexity index is 931. The molecule has 0 radical (unpaired) electrons. The second-order valence-electron chi connectivity index (χ2n) is 7.43. The maximum Gasteiger partial charge on any atom is 0.191 e. The number of hydrogen-bond donors (Lipinski definition) is 2. The van der Waals surface area contributed by atoms with Gasteiger partial charge in [0.25, 0.3) is 0 Å². The van der Waals surface area contributed by atoms with Crippen LogP contribution in [0.2, 0.25) is 0 Å². The standard InChI is InChI=1S/C21H29FN4O2S/c1-15(2)20(16-6-5-9-24-11-16)13-26-21(23-3)25-12-18-10-19(22)8-7-17(18)14-29(4,27)28/h5-11,15,20H,12-14H2,1-4H3,(H2,23,25,26). The minimum atomic E-state index is -3.22. The fourth-order valence-corrected chi connectivity index (χ4v) is 3.97. The number of sulfone groups is 1. The third-order valence-electron chi connectivity index (χ3n) is 4.66. The maximum atomic E-state index is 13.7. The zero-order valence-corrected chi connectivity index (χ0v) is 18.1. The molecule has 2 N–H and O–H groups in total. The highest BCUT2D eigenvalue weighted by atomic mass is 32.2. The molecule has 1 atom stereocenters. The van der Waals surface area contributed by atoms with Crippen molar-refractivity contribution in [3.8, 4) is 0 Å². The van der Waals surface area contributed by atoms with Crippen LogP contribution in [0.15, 0.2) is 47.7 Å². The molecular weight excluding hydrogens is 391 g/mol. The number of pyridine rings is 1. The molecule has 6 nitrogen and oxygen atoms in total. The quantitative estimate of drug-likeness (QED) is 0.507. The van der Waals surface area contributed by atoms with E-state index in [1.807, 2.05) is 12.3 Å². The lowest BCUT2D eigenvalue weighted by Gasteiger charge is -2.23. The molecule has 1 heterocycles. The highest BCUT2D eigenvalue weighted by molar-refractivity contribution is 7.89.